The molecule has 3 aromatic rings. The van der Waals surface area contributed by atoms with Crippen LogP contribution >= 0.6 is 11.8 Å². The van der Waals surface area contributed by atoms with Crippen LogP contribution in [-0.2, 0) is 5.75 Å². The Bertz CT molecular complexity index is 718. The number of hydrogen-bond donors (Lipinski definition) is 1. The van der Waals surface area contributed by atoms with E-state index in [0.717, 1.165) is 16.8 Å². The van der Waals surface area contributed by atoms with Crippen LogP contribution < -0.4 is 0 Å². The molecule has 0 bridgehead atoms. The molecule has 17 heavy (non-hydrogen) atoms. The molecule has 0 unspecified atom stereocenters. The molecule has 0 amide bonds. The standard InChI is InChI=1S/C13H9N3S/c1-2-4-11-9(3-1)12-8(7-17-11)5-14-13-10(12)6-15-16-13/h1-6H,7H2,(H,14,15,16). The number of aromatic amines is 1. The summed E-state index contributed by atoms with van der Waals surface area (Å²) in [6, 6.07) is 8.52. The Balaban J connectivity index is 2.16. The van der Waals surface area contributed by atoms with E-state index in [1.807, 2.05) is 24.2 Å². The SMILES string of the molecule is c1ccc2c(c1)SCc1cnc3[nH]ncc3c1-2. The normalized spacial score (nSPS) is 13.4. The van der Waals surface area contributed by atoms with Crippen molar-refractivity contribution < 1.29 is 0 Å². The molecule has 0 radical (unpaired) electrons. The third-order valence-electron chi connectivity index (χ3n) is 3.10. The quantitative estimate of drug-likeness (QED) is 0.655. The van der Waals surface area contributed by atoms with Gasteiger partial charge in [-0.1, -0.05) is 18.2 Å². The van der Waals surface area contributed by atoms with Gasteiger partial charge in [0, 0.05) is 27.8 Å². The van der Waals surface area contributed by atoms with Crippen LogP contribution in [0.1, 0.15) is 5.56 Å². The summed E-state index contributed by atoms with van der Waals surface area (Å²) in [5.41, 5.74) is 4.75. The number of fused-ring (bicyclic) bond motifs is 5. The molecule has 0 spiro atoms. The predicted molar refractivity (Wildman–Crippen MR) is 68.9 cm³/mol. The molecular formula is C13H9N3S. The zero-order chi connectivity index (χ0) is 11.2. The molecule has 0 saturated carbocycles. The highest BCUT2D eigenvalue weighted by molar-refractivity contribution is 7.98. The lowest BCUT2D eigenvalue weighted by atomic mass is 9.99. The molecule has 0 atom stereocenters. The van der Waals surface area contributed by atoms with Crippen molar-refractivity contribution in [3.8, 4) is 11.1 Å². The minimum atomic E-state index is 0.866. The van der Waals surface area contributed by atoms with Gasteiger partial charge in [-0.3, -0.25) is 5.10 Å². The van der Waals surface area contributed by atoms with Crippen LogP contribution in [0.4, 0.5) is 0 Å². The van der Waals surface area contributed by atoms with Gasteiger partial charge in [0.05, 0.1) is 6.20 Å². The molecule has 0 fully saturated rings. The third kappa shape index (κ3) is 1.24. The molecule has 2 aromatic heterocycles. The summed E-state index contributed by atoms with van der Waals surface area (Å²) in [7, 11) is 0. The van der Waals surface area contributed by atoms with Crippen LogP contribution in [-0.4, -0.2) is 15.2 Å². The zero-order valence-corrected chi connectivity index (χ0v) is 9.79. The summed E-state index contributed by atoms with van der Waals surface area (Å²) in [5.74, 6) is 0.987. The minimum Gasteiger partial charge on any atom is -0.261 e. The number of nitrogens with one attached hydrogen (secondary N) is 1. The fourth-order valence-corrected chi connectivity index (χ4v) is 3.35. The zero-order valence-electron chi connectivity index (χ0n) is 8.97. The van der Waals surface area contributed by atoms with E-state index < -0.39 is 0 Å². The first-order valence-corrected chi connectivity index (χ1v) is 6.45. The number of hydrogen-bond acceptors (Lipinski definition) is 3. The Morgan fingerprint density at radius 3 is 3.12 bits per heavy atom. The molecule has 4 rings (SSSR count). The van der Waals surface area contributed by atoms with Gasteiger partial charge in [-0.2, -0.15) is 5.10 Å². The number of H-pyrrole nitrogens is 1. The van der Waals surface area contributed by atoms with Gasteiger partial charge in [0.1, 0.15) is 0 Å². The molecule has 82 valence electrons. The smallest absolute Gasteiger partial charge is 0.155 e. The molecule has 0 aliphatic carbocycles. The average molecular weight is 239 g/mol. The van der Waals surface area contributed by atoms with E-state index in [1.54, 1.807) is 0 Å². The summed E-state index contributed by atoms with van der Waals surface area (Å²) in [6.07, 6.45) is 3.83. The molecular weight excluding hydrogens is 230 g/mol. The lowest BCUT2D eigenvalue weighted by Crippen LogP contribution is -1.97. The van der Waals surface area contributed by atoms with Crippen molar-refractivity contribution in [2.45, 2.75) is 10.6 Å². The molecule has 0 saturated heterocycles. The maximum Gasteiger partial charge on any atom is 0.155 e. The Morgan fingerprint density at radius 2 is 2.12 bits per heavy atom. The van der Waals surface area contributed by atoms with Gasteiger partial charge in [-0.05, 0) is 17.2 Å². The lowest BCUT2D eigenvalue weighted by molar-refractivity contribution is 1.09. The van der Waals surface area contributed by atoms with Crippen molar-refractivity contribution in [3.63, 3.8) is 0 Å². The van der Waals surface area contributed by atoms with E-state index >= 15 is 0 Å². The summed E-state index contributed by atoms with van der Waals surface area (Å²) in [5, 5.41) is 8.14. The molecule has 1 aliphatic heterocycles. The highest BCUT2D eigenvalue weighted by Gasteiger charge is 2.19. The van der Waals surface area contributed by atoms with Crippen LogP contribution in [0.3, 0.4) is 0 Å². The predicted octanol–water partition coefficient (Wildman–Crippen LogP) is 3.23. The summed E-state index contributed by atoms with van der Waals surface area (Å²) >= 11 is 1.87. The summed E-state index contributed by atoms with van der Waals surface area (Å²) in [6.45, 7) is 0. The Labute approximate surface area is 102 Å². The van der Waals surface area contributed by atoms with Gasteiger partial charge in [-0.25, -0.2) is 4.98 Å². The van der Waals surface area contributed by atoms with Gasteiger partial charge in [0.2, 0.25) is 0 Å². The highest BCUT2D eigenvalue weighted by atomic mass is 32.2. The second-order valence-corrected chi connectivity index (χ2v) is 5.09. The van der Waals surface area contributed by atoms with E-state index in [0.29, 0.717) is 0 Å². The Morgan fingerprint density at radius 1 is 1.18 bits per heavy atom. The number of aromatic nitrogens is 3. The van der Waals surface area contributed by atoms with E-state index in [-0.39, 0.29) is 0 Å². The highest BCUT2D eigenvalue weighted by Crippen LogP contribution is 2.43. The third-order valence-corrected chi connectivity index (χ3v) is 4.22. The van der Waals surface area contributed by atoms with Crippen LogP contribution in [0.5, 0.6) is 0 Å². The number of nitrogens with zero attached hydrogens (tertiary/aromatic N) is 2. The molecule has 3 nitrogen and oxygen atoms in total. The average Bonchev–Trinajstić information content (AvgIpc) is 2.86. The maximum atomic E-state index is 4.40. The van der Waals surface area contributed by atoms with Crippen LogP contribution in [0.25, 0.3) is 22.2 Å². The fraction of sp³-hybridized carbons (Fsp3) is 0.0769. The number of benzene rings is 1. The maximum absolute atomic E-state index is 4.40. The molecule has 3 heterocycles. The number of rotatable bonds is 0. The largest absolute Gasteiger partial charge is 0.261 e. The van der Waals surface area contributed by atoms with E-state index in [1.165, 1.54) is 21.6 Å². The number of thioether (sulfide) groups is 1. The van der Waals surface area contributed by atoms with Crippen LogP contribution in [0, 0.1) is 0 Å². The molecule has 1 aliphatic rings. The van der Waals surface area contributed by atoms with Crippen molar-refractivity contribution in [1.29, 1.82) is 0 Å². The van der Waals surface area contributed by atoms with Gasteiger partial charge in [0.25, 0.3) is 0 Å². The van der Waals surface area contributed by atoms with E-state index in [2.05, 4.69) is 39.4 Å². The van der Waals surface area contributed by atoms with E-state index in [9.17, 15) is 0 Å². The topological polar surface area (TPSA) is 41.6 Å². The number of pyridine rings is 1. The monoisotopic (exact) mass is 239 g/mol. The van der Waals surface area contributed by atoms with Crippen molar-refractivity contribution in [1.82, 2.24) is 15.2 Å². The van der Waals surface area contributed by atoms with Crippen molar-refractivity contribution in [2.24, 2.45) is 0 Å². The fourth-order valence-electron chi connectivity index (χ4n) is 2.32. The first-order chi connectivity index (χ1) is 8.43. The first kappa shape index (κ1) is 9.24. The van der Waals surface area contributed by atoms with E-state index in [4.69, 9.17) is 0 Å². The van der Waals surface area contributed by atoms with Gasteiger partial charge >= 0.3 is 0 Å². The van der Waals surface area contributed by atoms with Crippen LogP contribution in [0.15, 0.2) is 41.6 Å². The second kappa shape index (κ2) is 3.34. The first-order valence-electron chi connectivity index (χ1n) is 5.46. The van der Waals surface area contributed by atoms with Crippen molar-refractivity contribution in [2.75, 3.05) is 0 Å². The summed E-state index contributed by atoms with van der Waals surface area (Å²) in [4.78, 5) is 5.74. The molecule has 1 N–H and O–H groups in total. The minimum absolute atomic E-state index is 0.866. The summed E-state index contributed by atoms with van der Waals surface area (Å²) < 4.78 is 0. The molecule has 4 heteroatoms. The Hall–Kier alpha value is -1.81. The van der Waals surface area contributed by atoms with Gasteiger partial charge < -0.3 is 0 Å². The van der Waals surface area contributed by atoms with Crippen molar-refractivity contribution >= 4 is 22.8 Å². The lowest BCUT2D eigenvalue weighted by Gasteiger charge is -2.19. The second-order valence-electron chi connectivity index (χ2n) is 4.08. The molecule has 1 aromatic carbocycles. The van der Waals surface area contributed by atoms with Crippen molar-refractivity contribution in [3.05, 3.63) is 42.2 Å². The van der Waals surface area contributed by atoms with Gasteiger partial charge in [0.15, 0.2) is 5.65 Å². The van der Waals surface area contributed by atoms with Gasteiger partial charge in [-0.15, -0.1) is 11.8 Å². The van der Waals surface area contributed by atoms with Crippen LogP contribution in [0.2, 0.25) is 0 Å². The Kier molecular flexibility index (Phi) is 1.82.